The number of rotatable bonds is 12. The van der Waals surface area contributed by atoms with Crippen molar-refractivity contribution >= 4 is 302 Å². The quantitative estimate of drug-likeness (QED) is 0.106. The molecule has 131 heavy (non-hydrogen) atoms. The van der Waals surface area contributed by atoms with Gasteiger partial charge in [0.15, 0.2) is 38.0 Å². The standard InChI is InChI=1S/2C16H13ClO2S.2C15H11ClO2S.2C14H9ClO2S.C14H9ClOS/c1-2-9-19-12-8-7-11(17)14-15(18)10-5-3-4-6-13(10)20-16(12)14;1-2-9-19-11-7-8-13-14(15(11)17)16(18)10-5-3-4-6-12(10)20-13;1-2-18-11-8-7-10(16)13-14(17)9-5-3-4-6-12(9)19-15(11)13;1-2-18-10-7-8-12-13(14(10)16)15(17)9-5-3-4-6-11(9)19-12;1-17-10-7-6-9(15)12-13(16)8-4-2-3-5-11(8)18-14(10)12;1-17-9-6-7-11-12(13(9)15)14(16)8-4-2-3-5-10(8)18-11;1-8-6-7-10(15)12-13(16)9-4-2-3-5-11(9)17-14(8)12/h2*3-8H,2,9H2,1H3;2*3-8H,2H2,1H3;2*2-7H,1H3;2-7H,1H3. The van der Waals surface area contributed by atoms with Crippen LogP contribution in [0.3, 0.4) is 0 Å². The van der Waals surface area contributed by atoms with Crippen LogP contribution in [0.4, 0.5) is 0 Å². The summed E-state index contributed by atoms with van der Waals surface area (Å²) in [5, 5.41) is 12.1. The molecule has 0 saturated heterocycles. The van der Waals surface area contributed by atoms with Gasteiger partial charge in [-0.25, -0.2) is 0 Å². The fourth-order valence-corrected chi connectivity index (χ4v) is 24.8. The fourth-order valence-electron chi connectivity index (χ4n) is 14.5. The molecule has 0 atom stereocenters. The average molecular weight is 2010 g/mol. The Balaban J connectivity index is 0.000000117. The van der Waals surface area contributed by atoms with E-state index in [1.54, 1.807) is 107 Å². The molecule has 7 heterocycles. The van der Waals surface area contributed by atoms with E-state index in [2.05, 4.69) is 6.92 Å². The second-order valence-corrected chi connectivity index (χ2v) is 39.3. The van der Waals surface area contributed by atoms with Crippen molar-refractivity contribution in [2.45, 2.75) is 47.5 Å². The van der Waals surface area contributed by atoms with Crippen molar-refractivity contribution in [3.8, 4) is 34.5 Å². The zero-order valence-electron chi connectivity index (χ0n) is 70.8. The van der Waals surface area contributed by atoms with E-state index >= 15 is 0 Å². The lowest BCUT2D eigenvalue weighted by Crippen LogP contribution is -2.03. The molecule has 0 unspecified atom stereocenters. The SMILES string of the molecule is CCCOc1ccc(Cl)c2c(=O)c3ccccc3sc12.CCCOc1ccc2sc3ccccc3c(=O)c2c1Cl.CCOc1ccc(Cl)c2c(=O)c3ccccc3sc12.CCOc1ccc2sc3ccccc3c(=O)c2c1Cl.COc1ccc(Cl)c2c(=O)c3ccccc3sc12.COc1ccc2sc3ccccc3c(=O)c2c1Cl.Cc1ccc(Cl)c2c(=O)c3ccccc3sc12. The molecular formula is C104H75Cl7O13S7. The number of benzene rings is 14. The third-order valence-electron chi connectivity index (χ3n) is 20.7. The first-order valence-corrected chi connectivity index (χ1v) is 49.4. The lowest BCUT2D eigenvalue weighted by molar-refractivity contribution is 0.318. The van der Waals surface area contributed by atoms with Gasteiger partial charge in [-0.15, -0.1) is 79.4 Å². The lowest BCUT2D eigenvalue weighted by atomic mass is 10.1. The molecule has 660 valence electrons. The molecule has 7 aromatic heterocycles. The van der Waals surface area contributed by atoms with Crippen molar-refractivity contribution in [3.05, 3.63) is 367 Å². The zero-order chi connectivity index (χ0) is 92.4. The van der Waals surface area contributed by atoms with Gasteiger partial charge in [-0.3, -0.25) is 33.6 Å². The maximum atomic E-state index is 12.6. The Morgan fingerprint density at radius 3 is 0.779 bits per heavy atom. The lowest BCUT2D eigenvalue weighted by Gasteiger charge is -2.09. The highest BCUT2D eigenvalue weighted by Crippen LogP contribution is 2.43. The maximum absolute atomic E-state index is 12.6. The van der Waals surface area contributed by atoms with Crippen LogP contribution < -0.4 is 66.4 Å². The van der Waals surface area contributed by atoms with Gasteiger partial charge in [0, 0.05) is 89.4 Å². The summed E-state index contributed by atoms with van der Waals surface area (Å²) < 4.78 is 45.7. The molecule has 14 aromatic carbocycles. The van der Waals surface area contributed by atoms with Crippen molar-refractivity contribution < 1.29 is 28.4 Å². The Hall–Kier alpha value is -10.9. The highest BCUT2D eigenvalue weighted by atomic mass is 35.5. The highest BCUT2D eigenvalue weighted by molar-refractivity contribution is 7.27. The van der Waals surface area contributed by atoms with Gasteiger partial charge in [-0.1, -0.05) is 186 Å². The Labute approximate surface area is 812 Å². The van der Waals surface area contributed by atoms with E-state index < -0.39 is 0 Å². The number of hydrogen-bond donors (Lipinski definition) is 0. The van der Waals surface area contributed by atoms with Gasteiger partial charge in [0.1, 0.15) is 34.5 Å². The summed E-state index contributed by atoms with van der Waals surface area (Å²) in [6.07, 6.45) is 1.82. The maximum Gasteiger partial charge on any atom is 0.197 e. The molecule has 21 aromatic rings. The van der Waals surface area contributed by atoms with Crippen LogP contribution in [-0.4, -0.2) is 40.6 Å². The first kappa shape index (κ1) is 94.8. The summed E-state index contributed by atoms with van der Waals surface area (Å²) >= 11 is 54.5. The summed E-state index contributed by atoms with van der Waals surface area (Å²) in [6, 6.07) is 78.5. The minimum Gasteiger partial charge on any atom is -0.495 e. The topological polar surface area (TPSA) is 175 Å². The van der Waals surface area contributed by atoms with E-state index in [-0.39, 0.29) is 38.0 Å². The first-order valence-electron chi connectivity index (χ1n) is 41.1. The molecule has 0 spiro atoms. The van der Waals surface area contributed by atoms with Gasteiger partial charge in [-0.05, 0) is 203 Å². The monoisotopic (exact) mass is 2000 g/mol. The minimum absolute atomic E-state index is 0.0266. The number of ether oxygens (including phenoxy) is 6. The van der Waals surface area contributed by atoms with Crippen LogP contribution in [0.1, 0.15) is 46.1 Å². The molecule has 27 heteroatoms. The van der Waals surface area contributed by atoms with Gasteiger partial charge in [0.05, 0.1) is 128 Å². The van der Waals surface area contributed by atoms with Gasteiger partial charge in [0.25, 0.3) is 0 Å². The molecule has 0 bridgehead atoms. The Kier molecular flexibility index (Phi) is 31.0. The number of halogens is 7. The van der Waals surface area contributed by atoms with Crippen LogP contribution >= 0.6 is 161 Å². The number of aryl methyl sites for hydroxylation is 1. The second kappa shape index (κ2) is 42.8. The molecule has 0 N–H and O–H groups in total. The van der Waals surface area contributed by atoms with Crippen molar-refractivity contribution in [3.63, 3.8) is 0 Å². The molecule has 0 fully saturated rings. The van der Waals surface area contributed by atoms with E-state index in [4.69, 9.17) is 110 Å². The van der Waals surface area contributed by atoms with Crippen LogP contribution in [0.25, 0.3) is 141 Å². The van der Waals surface area contributed by atoms with E-state index in [9.17, 15) is 33.6 Å². The minimum atomic E-state index is -0.0387. The Morgan fingerprint density at radius 1 is 0.229 bits per heavy atom. The van der Waals surface area contributed by atoms with Crippen LogP contribution in [0.15, 0.2) is 288 Å². The highest BCUT2D eigenvalue weighted by Gasteiger charge is 2.21. The van der Waals surface area contributed by atoms with Crippen LogP contribution in [0.5, 0.6) is 34.5 Å². The van der Waals surface area contributed by atoms with Crippen molar-refractivity contribution in [2.75, 3.05) is 40.6 Å². The van der Waals surface area contributed by atoms with Crippen molar-refractivity contribution in [1.29, 1.82) is 0 Å². The Bertz CT molecular complexity index is 8400. The number of fused-ring (bicyclic) bond motifs is 14. The summed E-state index contributed by atoms with van der Waals surface area (Å²) in [5.41, 5.74) is 0.932. The molecule has 0 aliphatic rings. The predicted octanol–water partition coefficient (Wildman–Crippen LogP) is 31.2. The largest absolute Gasteiger partial charge is 0.495 e. The van der Waals surface area contributed by atoms with E-state index in [0.29, 0.717) is 155 Å². The predicted molar refractivity (Wildman–Crippen MR) is 566 cm³/mol. The van der Waals surface area contributed by atoms with Gasteiger partial charge < -0.3 is 28.4 Å². The normalized spacial score (nSPS) is 11.1. The second-order valence-electron chi connectivity index (χ2n) is 29.0. The van der Waals surface area contributed by atoms with Gasteiger partial charge in [0.2, 0.25) is 0 Å². The molecule has 13 nitrogen and oxygen atoms in total. The van der Waals surface area contributed by atoms with Crippen LogP contribution in [0, 0.1) is 6.92 Å². The molecule has 0 saturated carbocycles. The van der Waals surface area contributed by atoms with E-state index in [1.807, 2.05) is 246 Å². The Morgan fingerprint density at radius 2 is 0.458 bits per heavy atom. The summed E-state index contributed by atoms with van der Waals surface area (Å²) in [6.45, 7) is 12.2. The van der Waals surface area contributed by atoms with Crippen molar-refractivity contribution in [2.24, 2.45) is 0 Å². The van der Waals surface area contributed by atoms with Gasteiger partial charge >= 0.3 is 0 Å². The molecule has 0 radical (unpaired) electrons. The average Bonchev–Trinajstić information content (AvgIpc) is 0.780. The molecular weight excluding hydrogens is 1930 g/mol. The van der Waals surface area contributed by atoms with Gasteiger partial charge in [-0.2, -0.15) is 0 Å². The van der Waals surface area contributed by atoms with E-state index in [1.165, 1.54) is 22.7 Å². The zero-order valence-corrected chi connectivity index (χ0v) is 81.8. The van der Waals surface area contributed by atoms with Crippen molar-refractivity contribution in [1.82, 2.24) is 0 Å². The molecule has 0 amide bonds. The van der Waals surface area contributed by atoms with Crippen LogP contribution in [-0.2, 0) is 0 Å². The van der Waals surface area contributed by atoms with Crippen LogP contribution in [0.2, 0.25) is 35.2 Å². The molecule has 0 aliphatic heterocycles. The smallest absolute Gasteiger partial charge is 0.197 e. The van der Waals surface area contributed by atoms with E-state index in [0.717, 1.165) is 101 Å². The first-order chi connectivity index (χ1) is 63.5. The number of hydrogen-bond acceptors (Lipinski definition) is 20. The summed E-state index contributed by atoms with van der Waals surface area (Å²) in [4.78, 5) is 87.5. The summed E-state index contributed by atoms with van der Waals surface area (Å²) in [7, 11) is 3.14. The third kappa shape index (κ3) is 19.8. The molecule has 0 aliphatic carbocycles. The molecule has 21 rings (SSSR count). The summed E-state index contributed by atoms with van der Waals surface area (Å²) in [5.74, 6) is 3.82. The fraction of sp³-hybridized carbons (Fsp3) is 0.125. The third-order valence-corrected chi connectivity index (χ3v) is 31.4. The number of methoxy groups -OCH3 is 2.